The third-order valence-corrected chi connectivity index (χ3v) is 4.20. The Labute approximate surface area is 158 Å². The number of benzene rings is 2. The van der Waals surface area contributed by atoms with Crippen molar-refractivity contribution in [2.24, 2.45) is 0 Å². The predicted molar refractivity (Wildman–Crippen MR) is 97.0 cm³/mol. The van der Waals surface area contributed by atoms with Gasteiger partial charge in [-0.3, -0.25) is 4.79 Å². The van der Waals surface area contributed by atoms with Gasteiger partial charge in [0, 0.05) is 6.07 Å². The summed E-state index contributed by atoms with van der Waals surface area (Å²) in [7, 11) is 0. The molecule has 9 heteroatoms. The Hall–Kier alpha value is -2.28. The van der Waals surface area contributed by atoms with Gasteiger partial charge in [0.25, 0.3) is 5.91 Å². The number of ether oxygens (including phenoxy) is 1. The molecule has 0 spiro atoms. The van der Waals surface area contributed by atoms with Crippen LogP contribution in [0.1, 0.15) is 0 Å². The Balaban J connectivity index is 1.69. The van der Waals surface area contributed by atoms with Crippen molar-refractivity contribution in [2.45, 2.75) is 0 Å². The number of carbonyl (C=O) groups excluding carboxylic acids is 1. The van der Waals surface area contributed by atoms with Gasteiger partial charge in [0.2, 0.25) is 0 Å². The topological polar surface area (TPSA) is 69.0 Å². The van der Waals surface area contributed by atoms with Gasteiger partial charge in [0.15, 0.2) is 6.61 Å². The Morgan fingerprint density at radius 3 is 2.64 bits per heavy atom. The van der Waals surface area contributed by atoms with E-state index in [9.17, 15) is 4.79 Å². The number of anilines is 1. The monoisotopic (exact) mass is 396 g/mol. The molecule has 0 saturated heterocycles. The molecule has 0 fully saturated rings. The fourth-order valence-electron chi connectivity index (χ4n) is 2.06. The lowest BCUT2D eigenvalue weighted by atomic mass is 10.2. The average Bonchev–Trinajstić information content (AvgIpc) is 3.12. The van der Waals surface area contributed by atoms with Crippen LogP contribution in [0.4, 0.5) is 5.69 Å². The van der Waals surface area contributed by atoms with Gasteiger partial charge >= 0.3 is 0 Å². The quantitative estimate of drug-likeness (QED) is 0.654. The largest absolute Gasteiger partial charge is 0.482 e. The van der Waals surface area contributed by atoms with Crippen molar-refractivity contribution in [2.75, 3.05) is 11.9 Å². The van der Waals surface area contributed by atoms with Crippen LogP contribution in [0.25, 0.3) is 5.69 Å². The van der Waals surface area contributed by atoms with Crippen LogP contribution in [0.5, 0.6) is 5.75 Å². The van der Waals surface area contributed by atoms with Gasteiger partial charge in [0.05, 0.1) is 38.8 Å². The predicted octanol–water partition coefficient (Wildman–Crippen LogP) is 4.25. The zero-order valence-corrected chi connectivity index (χ0v) is 14.9. The van der Waals surface area contributed by atoms with Crippen molar-refractivity contribution >= 4 is 46.4 Å². The van der Waals surface area contributed by atoms with Crippen molar-refractivity contribution in [1.29, 1.82) is 0 Å². The summed E-state index contributed by atoms with van der Waals surface area (Å²) in [5, 5.41) is 11.3. The second-order valence-corrected chi connectivity index (χ2v) is 6.12. The number of para-hydroxylation sites is 2. The van der Waals surface area contributed by atoms with Crippen LogP contribution in [0.15, 0.2) is 48.8 Å². The SMILES string of the molecule is O=C(COc1cc(Cl)c(Cl)cc1Cl)Nc1ccccc1-n1ccnn1. The van der Waals surface area contributed by atoms with E-state index in [-0.39, 0.29) is 28.3 Å². The average molecular weight is 398 g/mol. The summed E-state index contributed by atoms with van der Waals surface area (Å²) >= 11 is 17.8. The van der Waals surface area contributed by atoms with E-state index in [0.717, 1.165) is 0 Å². The van der Waals surface area contributed by atoms with E-state index in [1.165, 1.54) is 12.1 Å². The minimum absolute atomic E-state index is 0.247. The van der Waals surface area contributed by atoms with Gasteiger partial charge in [-0.15, -0.1) is 5.10 Å². The Morgan fingerprint density at radius 1 is 1.12 bits per heavy atom. The minimum atomic E-state index is -0.366. The van der Waals surface area contributed by atoms with Crippen LogP contribution >= 0.6 is 34.8 Å². The second kappa shape index (κ2) is 7.74. The highest BCUT2D eigenvalue weighted by atomic mass is 35.5. The van der Waals surface area contributed by atoms with Gasteiger partial charge in [0.1, 0.15) is 5.75 Å². The standard InChI is InChI=1S/C16H11Cl3N4O2/c17-10-7-12(19)15(8-11(10)18)25-9-16(24)21-13-3-1-2-4-14(13)23-6-5-20-22-23/h1-8H,9H2,(H,21,24). The molecule has 0 bridgehead atoms. The number of nitrogens with zero attached hydrogens (tertiary/aromatic N) is 3. The fourth-order valence-corrected chi connectivity index (χ4v) is 2.65. The van der Waals surface area contributed by atoms with Crippen LogP contribution < -0.4 is 10.1 Å². The fraction of sp³-hybridized carbons (Fsp3) is 0.0625. The number of amides is 1. The molecule has 3 rings (SSSR count). The third-order valence-electron chi connectivity index (χ3n) is 3.18. The van der Waals surface area contributed by atoms with E-state index in [1.807, 2.05) is 6.07 Å². The number of carbonyl (C=O) groups is 1. The van der Waals surface area contributed by atoms with Crippen LogP contribution in [0.2, 0.25) is 15.1 Å². The summed E-state index contributed by atoms with van der Waals surface area (Å²) in [6.07, 6.45) is 3.23. The summed E-state index contributed by atoms with van der Waals surface area (Å²) in [6, 6.07) is 10.1. The van der Waals surface area contributed by atoms with E-state index >= 15 is 0 Å². The maximum atomic E-state index is 12.2. The van der Waals surface area contributed by atoms with E-state index in [2.05, 4.69) is 15.6 Å². The second-order valence-electron chi connectivity index (χ2n) is 4.90. The molecule has 0 aliphatic heterocycles. The number of hydrogen-bond acceptors (Lipinski definition) is 4. The molecule has 0 atom stereocenters. The minimum Gasteiger partial charge on any atom is -0.482 e. The lowest BCUT2D eigenvalue weighted by Crippen LogP contribution is -2.21. The molecule has 2 aromatic carbocycles. The zero-order chi connectivity index (χ0) is 17.8. The molecular weight excluding hydrogens is 387 g/mol. The van der Waals surface area contributed by atoms with E-state index in [0.29, 0.717) is 16.4 Å². The van der Waals surface area contributed by atoms with Crippen molar-refractivity contribution < 1.29 is 9.53 Å². The van der Waals surface area contributed by atoms with E-state index in [4.69, 9.17) is 39.5 Å². The number of hydrogen-bond donors (Lipinski definition) is 1. The van der Waals surface area contributed by atoms with E-state index in [1.54, 1.807) is 35.3 Å². The van der Waals surface area contributed by atoms with Crippen molar-refractivity contribution in [3.8, 4) is 11.4 Å². The maximum absolute atomic E-state index is 12.2. The highest BCUT2D eigenvalue weighted by Crippen LogP contribution is 2.33. The number of halogens is 3. The van der Waals surface area contributed by atoms with Crippen molar-refractivity contribution in [3.05, 3.63) is 63.9 Å². The summed E-state index contributed by atoms with van der Waals surface area (Å²) in [4.78, 5) is 12.2. The first kappa shape index (κ1) is 17.5. The van der Waals surface area contributed by atoms with Gasteiger partial charge in [-0.05, 0) is 18.2 Å². The third kappa shape index (κ3) is 4.22. The molecular formula is C16H11Cl3N4O2. The Bertz CT molecular complexity index is 900. The molecule has 0 aliphatic rings. The zero-order valence-electron chi connectivity index (χ0n) is 12.6. The van der Waals surface area contributed by atoms with Gasteiger partial charge < -0.3 is 10.1 Å². The smallest absolute Gasteiger partial charge is 0.262 e. The summed E-state index contributed by atoms with van der Waals surface area (Å²) in [6.45, 7) is -0.247. The number of rotatable bonds is 5. The molecule has 0 aliphatic carbocycles. The van der Waals surface area contributed by atoms with Crippen LogP contribution in [-0.4, -0.2) is 27.5 Å². The molecule has 1 amide bonds. The molecule has 0 radical (unpaired) electrons. The molecule has 25 heavy (non-hydrogen) atoms. The molecule has 1 heterocycles. The summed E-state index contributed by atoms with van der Waals surface area (Å²) < 4.78 is 6.96. The molecule has 3 aromatic rings. The maximum Gasteiger partial charge on any atom is 0.262 e. The van der Waals surface area contributed by atoms with Crippen molar-refractivity contribution in [3.63, 3.8) is 0 Å². The first-order valence-electron chi connectivity index (χ1n) is 7.07. The Kier molecular flexibility index (Phi) is 5.43. The normalized spacial score (nSPS) is 10.5. The molecule has 6 nitrogen and oxygen atoms in total. The molecule has 128 valence electrons. The van der Waals surface area contributed by atoms with Gasteiger partial charge in [-0.2, -0.15) is 0 Å². The van der Waals surface area contributed by atoms with Crippen LogP contribution in [0.3, 0.4) is 0 Å². The molecule has 1 N–H and O–H groups in total. The first-order chi connectivity index (χ1) is 12.0. The Morgan fingerprint density at radius 2 is 1.88 bits per heavy atom. The highest BCUT2D eigenvalue weighted by molar-refractivity contribution is 6.43. The molecule has 1 aromatic heterocycles. The summed E-state index contributed by atoms with van der Waals surface area (Å²) in [5.74, 6) is -0.0921. The number of nitrogens with one attached hydrogen (secondary N) is 1. The highest BCUT2D eigenvalue weighted by Gasteiger charge is 2.12. The van der Waals surface area contributed by atoms with Gasteiger partial charge in [-0.25, -0.2) is 4.68 Å². The van der Waals surface area contributed by atoms with Crippen molar-refractivity contribution in [1.82, 2.24) is 15.0 Å². The number of aromatic nitrogens is 3. The first-order valence-corrected chi connectivity index (χ1v) is 8.21. The summed E-state index contributed by atoms with van der Waals surface area (Å²) in [5.41, 5.74) is 1.25. The van der Waals surface area contributed by atoms with Crippen LogP contribution in [-0.2, 0) is 4.79 Å². The van der Waals surface area contributed by atoms with E-state index < -0.39 is 0 Å². The molecule has 0 unspecified atom stereocenters. The lowest BCUT2D eigenvalue weighted by molar-refractivity contribution is -0.118. The lowest BCUT2D eigenvalue weighted by Gasteiger charge is -2.12. The molecule has 0 saturated carbocycles. The van der Waals surface area contributed by atoms with Crippen LogP contribution in [0, 0.1) is 0 Å². The van der Waals surface area contributed by atoms with Gasteiger partial charge in [-0.1, -0.05) is 52.1 Å².